The van der Waals surface area contributed by atoms with Crippen LogP contribution in [0.3, 0.4) is 0 Å². The molecule has 0 atom stereocenters. The number of hydrogen-bond donors (Lipinski definition) is 3. The van der Waals surface area contributed by atoms with Gasteiger partial charge in [-0.3, -0.25) is 14.6 Å². The summed E-state index contributed by atoms with van der Waals surface area (Å²) < 4.78 is 18.5. The second kappa shape index (κ2) is 15.9. The van der Waals surface area contributed by atoms with Crippen LogP contribution in [0.15, 0.2) is 60.9 Å². The molecule has 0 aliphatic carbocycles. The molecule has 0 bridgehead atoms. The first-order valence-corrected chi connectivity index (χ1v) is 16.9. The highest BCUT2D eigenvalue weighted by molar-refractivity contribution is 6.04. The van der Waals surface area contributed by atoms with E-state index in [1.807, 2.05) is 67.9 Å². The minimum atomic E-state index is -0.510. The Morgan fingerprint density at radius 1 is 0.939 bits per heavy atom. The van der Waals surface area contributed by atoms with E-state index in [-0.39, 0.29) is 5.91 Å². The van der Waals surface area contributed by atoms with Gasteiger partial charge in [-0.25, -0.2) is 9.97 Å². The smallest absolute Gasteiger partial charge is 0.255 e. The molecule has 2 saturated heterocycles. The molecule has 0 spiro atoms. The van der Waals surface area contributed by atoms with Crippen molar-refractivity contribution in [2.75, 3.05) is 88.8 Å². The summed E-state index contributed by atoms with van der Waals surface area (Å²) >= 11 is 0. The third-order valence-electron chi connectivity index (χ3n) is 9.05. The minimum Gasteiger partial charge on any atom is -0.379 e. The van der Waals surface area contributed by atoms with E-state index in [9.17, 15) is 4.79 Å². The lowest BCUT2D eigenvalue weighted by molar-refractivity contribution is 0.0192. The predicted molar refractivity (Wildman–Crippen MR) is 190 cm³/mol. The van der Waals surface area contributed by atoms with Crippen LogP contribution in [0.25, 0.3) is 5.82 Å². The van der Waals surface area contributed by atoms with Crippen molar-refractivity contribution < 1.29 is 19.0 Å². The fourth-order valence-corrected chi connectivity index (χ4v) is 5.81. The van der Waals surface area contributed by atoms with Crippen LogP contribution < -0.4 is 16.0 Å². The average molecular weight is 670 g/mol. The van der Waals surface area contributed by atoms with Gasteiger partial charge in [-0.2, -0.15) is 9.78 Å². The van der Waals surface area contributed by atoms with Crippen LogP contribution in [-0.4, -0.2) is 108 Å². The van der Waals surface area contributed by atoms with Crippen molar-refractivity contribution in [1.29, 1.82) is 0 Å². The Balaban J connectivity index is 1.22. The lowest BCUT2D eigenvalue weighted by atomic mass is 9.96. The summed E-state index contributed by atoms with van der Waals surface area (Å²) in [6.07, 6.45) is 1.56. The third kappa shape index (κ3) is 8.99. The molecule has 3 N–H and O–H groups in total. The number of ether oxygens (including phenoxy) is 3. The van der Waals surface area contributed by atoms with E-state index in [4.69, 9.17) is 19.3 Å². The van der Waals surface area contributed by atoms with Crippen molar-refractivity contribution in [3.63, 3.8) is 0 Å². The summed E-state index contributed by atoms with van der Waals surface area (Å²) in [5.41, 5.74) is 4.40. The average Bonchev–Trinajstić information content (AvgIpc) is 3.52. The van der Waals surface area contributed by atoms with Crippen molar-refractivity contribution in [2.24, 2.45) is 0 Å². The predicted octanol–water partition coefficient (Wildman–Crippen LogP) is 4.42. The van der Waals surface area contributed by atoms with E-state index < -0.39 is 5.60 Å². The van der Waals surface area contributed by atoms with Crippen LogP contribution >= 0.6 is 0 Å². The topological polar surface area (TPSA) is 131 Å². The molecule has 2 aliphatic rings. The Labute approximate surface area is 288 Å². The van der Waals surface area contributed by atoms with Crippen LogP contribution in [0.5, 0.6) is 0 Å². The fourth-order valence-electron chi connectivity index (χ4n) is 5.81. The zero-order valence-electron chi connectivity index (χ0n) is 28.9. The number of nitrogens with one attached hydrogen (secondary N) is 3. The van der Waals surface area contributed by atoms with E-state index in [0.717, 1.165) is 86.6 Å². The van der Waals surface area contributed by atoms with Crippen molar-refractivity contribution in [3.05, 3.63) is 83.3 Å². The maximum Gasteiger partial charge on any atom is 0.255 e. The number of methoxy groups -OCH3 is 1. The Hall–Kier alpha value is -4.40. The normalized spacial score (nSPS) is 16.0. The van der Waals surface area contributed by atoms with Gasteiger partial charge in [-0.1, -0.05) is 18.2 Å². The van der Waals surface area contributed by atoms with Crippen LogP contribution in [0, 0.1) is 6.92 Å². The van der Waals surface area contributed by atoms with E-state index >= 15 is 0 Å². The van der Waals surface area contributed by atoms with Gasteiger partial charge in [0.25, 0.3) is 5.91 Å². The Bertz CT molecular complexity index is 1710. The molecule has 13 nitrogen and oxygen atoms in total. The molecular weight excluding hydrogens is 622 g/mol. The van der Waals surface area contributed by atoms with Gasteiger partial charge in [0.2, 0.25) is 0 Å². The number of benzene rings is 2. The summed E-state index contributed by atoms with van der Waals surface area (Å²) in [6, 6.07) is 17.3. The quantitative estimate of drug-likeness (QED) is 0.187. The molecule has 0 radical (unpaired) electrons. The molecule has 6 rings (SSSR count). The molecule has 1 amide bonds. The van der Waals surface area contributed by atoms with E-state index in [1.54, 1.807) is 19.5 Å². The molecular formula is C36H47N9O4. The monoisotopic (exact) mass is 669 g/mol. The standard InChI is InChI=1S/C36H47N9O4/c1-26-8-9-29(40-35(46)27-6-5-7-28(20-27)36(2,3)47-4)21-31(26)41-34-22-30(24-44-14-18-49-19-15-44)42-45(34)33-23-32(38-25-39-33)37-10-11-43-12-16-48-17-13-43/h5-9,20-23,25,41H,10-19,24H2,1-4H3,(H,40,46)(H,37,38,39). The minimum absolute atomic E-state index is 0.198. The van der Waals surface area contributed by atoms with Crippen LogP contribution in [0.1, 0.15) is 41.0 Å². The number of morpholine rings is 2. The number of aryl methyl sites for hydroxylation is 1. The molecule has 2 aromatic carbocycles. The number of anilines is 4. The second-order valence-electron chi connectivity index (χ2n) is 12.9. The highest BCUT2D eigenvalue weighted by atomic mass is 16.5. The Kier molecular flexibility index (Phi) is 11.2. The number of amides is 1. The number of carbonyl (C=O) groups is 1. The van der Waals surface area contributed by atoms with E-state index in [0.29, 0.717) is 36.8 Å². The molecule has 2 aromatic heterocycles. The fraction of sp³-hybridized carbons (Fsp3) is 0.444. The van der Waals surface area contributed by atoms with Gasteiger partial charge in [0.1, 0.15) is 18.0 Å². The zero-order valence-corrected chi connectivity index (χ0v) is 28.9. The summed E-state index contributed by atoms with van der Waals surface area (Å²) in [7, 11) is 1.67. The maximum absolute atomic E-state index is 13.3. The zero-order chi connectivity index (χ0) is 34.2. The number of aromatic nitrogens is 4. The first kappa shape index (κ1) is 34.5. The van der Waals surface area contributed by atoms with Gasteiger partial charge in [0.05, 0.1) is 37.7 Å². The molecule has 260 valence electrons. The third-order valence-corrected chi connectivity index (χ3v) is 9.05. The number of hydrogen-bond acceptors (Lipinski definition) is 11. The highest BCUT2D eigenvalue weighted by Crippen LogP contribution is 2.28. The van der Waals surface area contributed by atoms with Gasteiger partial charge < -0.3 is 30.2 Å². The SMILES string of the molecule is COC(C)(C)c1cccc(C(=O)Nc2ccc(C)c(Nc3cc(CN4CCOCC4)nn3-c3cc(NCCN4CCOCC4)ncn3)c2)c1. The van der Waals surface area contributed by atoms with Crippen LogP contribution in [0.2, 0.25) is 0 Å². The molecule has 49 heavy (non-hydrogen) atoms. The van der Waals surface area contributed by atoms with E-state index in [2.05, 4.69) is 41.8 Å². The summed E-state index contributed by atoms with van der Waals surface area (Å²) in [6.45, 7) is 14.9. The van der Waals surface area contributed by atoms with Crippen LogP contribution in [0.4, 0.5) is 23.0 Å². The Morgan fingerprint density at radius 2 is 1.69 bits per heavy atom. The first-order chi connectivity index (χ1) is 23.8. The number of carbonyl (C=O) groups excluding carboxylic acids is 1. The summed E-state index contributed by atoms with van der Waals surface area (Å²) in [5, 5.41) is 15.1. The van der Waals surface area contributed by atoms with Gasteiger partial charge in [-0.15, -0.1) is 0 Å². The van der Waals surface area contributed by atoms with Gasteiger partial charge in [0.15, 0.2) is 5.82 Å². The molecule has 4 aromatic rings. The number of nitrogens with zero attached hydrogens (tertiary/aromatic N) is 6. The van der Waals surface area contributed by atoms with Crippen molar-refractivity contribution >= 4 is 28.9 Å². The largest absolute Gasteiger partial charge is 0.379 e. The molecule has 4 heterocycles. The summed E-state index contributed by atoms with van der Waals surface area (Å²) in [4.78, 5) is 27.1. The lowest BCUT2D eigenvalue weighted by Crippen LogP contribution is -2.39. The molecule has 2 fully saturated rings. The molecule has 0 saturated carbocycles. The number of rotatable bonds is 13. The maximum atomic E-state index is 13.3. The Morgan fingerprint density at radius 3 is 2.45 bits per heavy atom. The highest BCUT2D eigenvalue weighted by Gasteiger charge is 2.21. The summed E-state index contributed by atoms with van der Waals surface area (Å²) in [5.74, 6) is 1.92. The van der Waals surface area contributed by atoms with Crippen LogP contribution in [-0.2, 0) is 26.4 Å². The molecule has 0 unspecified atom stereocenters. The van der Waals surface area contributed by atoms with Crippen molar-refractivity contribution in [3.8, 4) is 5.82 Å². The van der Waals surface area contributed by atoms with Crippen molar-refractivity contribution in [2.45, 2.75) is 32.9 Å². The second-order valence-corrected chi connectivity index (χ2v) is 12.9. The van der Waals surface area contributed by atoms with Crippen molar-refractivity contribution in [1.82, 2.24) is 29.5 Å². The molecule has 2 aliphatic heterocycles. The molecule has 13 heteroatoms. The van der Waals surface area contributed by atoms with Gasteiger partial charge in [-0.05, 0) is 56.2 Å². The van der Waals surface area contributed by atoms with E-state index in [1.165, 1.54) is 0 Å². The van der Waals surface area contributed by atoms with Gasteiger partial charge >= 0.3 is 0 Å². The van der Waals surface area contributed by atoms with Gasteiger partial charge in [0, 0.05) is 82.0 Å². The lowest BCUT2D eigenvalue weighted by Gasteiger charge is -2.26. The first-order valence-electron chi connectivity index (χ1n) is 16.9.